The summed E-state index contributed by atoms with van der Waals surface area (Å²) in [7, 11) is 6.27. The summed E-state index contributed by atoms with van der Waals surface area (Å²) < 4.78 is 20.1. The molecule has 0 aliphatic carbocycles. The lowest BCUT2D eigenvalue weighted by Gasteiger charge is -2.36. The van der Waals surface area contributed by atoms with Gasteiger partial charge in [-0.1, -0.05) is 0 Å². The van der Waals surface area contributed by atoms with Crippen LogP contribution in [-0.2, 0) is 15.8 Å². The second-order valence-electron chi connectivity index (χ2n) is 9.67. The van der Waals surface area contributed by atoms with Crippen molar-refractivity contribution in [2.75, 3.05) is 84.3 Å². The molecule has 1 saturated heterocycles. The van der Waals surface area contributed by atoms with E-state index in [4.69, 9.17) is 4.74 Å². The number of benzene rings is 2. The van der Waals surface area contributed by atoms with Gasteiger partial charge in [-0.05, 0) is 75.5 Å². The number of carbonyl (C=O) groups excluding carboxylic acids is 1. The van der Waals surface area contributed by atoms with Gasteiger partial charge in [0.1, 0.15) is 16.7 Å². The summed E-state index contributed by atoms with van der Waals surface area (Å²) in [6.45, 7) is 10.6. The first-order valence-electron chi connectivity index (χ1n) is 12.5. The zero-order valence-corrected chi connectivity index (χ0v) is 23.4. The maximum absolute atomic E-state index is 13.1. The number of ether oxygens (including phenoxy) is 1. The number of amides is 1. The second-order valence-corrected chi connectivity index (χ2v) is 11.2. The van der Waals surface area contributed by atoms with E-state index in [-0.39, 0.29) is 12.3 Å². The number of piperazine rings is 1. The molecular formula is C27H41N5O3S. The summed E-state index contributed by atoms with van der Waals surface area (Å²) in [4.78, 5) is 20.4. The highest BCUT2D eigenvalue weighted by Gasteiger charge is 2.19. The second kappa shape index (κ2) is 13.2. The summed E-state index contributed by atoms with van der Waals surface area (Å²) in [5, 5.41) is 2.97. The number of anilines is 2. The normalized spacial score (nSPS) is 15.4. The Bertz CT molecular complexity index is 1010. The molecule has 36 heavy (non-hydrogen) atoms. The predicted molar refractivity (Wildman–Crippen MR) is 148 cm³/mol. The fourth-order valence-corrected chi connectivity index (χ4v) is 5.59. The zero-order valence-electron chi connectivity index (χ0n) is 22.5. The van der Waals surface area contributed by atoms with E-state index in [0.29, 0.717) is 6.54 Å². The summed E-state index contributed by atoms with van der Waals surface area (Å²) in [5.74, 6) is 0.658. The molecule has 0 radical (unpaired) electrons. The van der Waals surface area contributed by atoms with Gasteiger partial charge in [-0.15, -0.1) is 0 Å². The minimum Gasteiger partial charge on any atom is -0.497 e. The maximum atomic E-state index is 13.1. The van der Waals surface area contributed by atoms with Crippen molar-refractivity contribution in [3.63, 3.8) is 0 Å². The number of rotatable bonds is 11. The number of likely N-dealkylation sites (N-methyl/N-ethyl adjacent to an activating group) is 1. The molecule has 198 valence electrons. The van der Waals surface area contributed by atoms with Crippen LogP contribution in [0.1, 0.15) is 17.5 Å². The van der Waals surface area contributed by atoms with Crippen LogP contribution < -0.4 is 15.0 Å². The van der Waals surface area contributed by atoms with Crippen LogP contribution in [0.3, 0.4) is 0 Å². The van der Waals surface area contributed by atoms with Crippen molar-refractivity contribution in [1.29, 1.82) is 0 Å². The Balaban J connectivity index is 1.46. The van der Waals surface area contributed by atoms with Gasteiger partial charge in [0.05, 0.1) is 12.0 Å². The monoisotopic (exact) mass is 515 g/mol. The predicted octanol–water partition coefficient (Wildman–Crippen LogP) is 2.98. The standard InChI is InChI=1S/C27H41N5O3S/c1-21-19-25(35-6)20-22(2)27(21)36(34)30(5)12-11-26(33)28-23-7-9-24(10-8-23)32-17-15-31(16-18-32)14-13-29(3)4/h7-10,19-20H,11-18H2,1-6H3,(H,28,33). The van der Waals surface area contributed by atoms with Gasteiger partial charge in [0.15, 0.2) is 0 Å². The molecule has 0 spiro atoms. The molecule has 1 aliphatic rings. The molecule has 0 bridgehead atoms. The van der Waals surface area contributed by atoms with Gasteiger partial charge in [0.25, 0.3) is 0 Å². The number of hydrogen-bond acceptors (Lipinski definition) is 6. The third-order valence-corrected chi connectivity index (χ3v) is 8.27. The maximum Gasteiger partial charge on any atom is 0.225 e. The number of nitrogens with zero attached hydrogens (tertiary/aromatic N) is 4. The summed E-state index contributed by atoms with van der Waals surface area (Å²) in [6.07, 6.45) is 0.257. The molecule has 1 N–H and O–H groups in total. The van der Waals surface area contributed by atoms with Crippen molar-refractivity contribution in [1.82, 2.24) is 14.1 Å². The Labute approximate surface area is 218 Å². The summed E-state index contributed by atoms with van der Waals surface area (Å²) in [6, 6.07) is 11.8. The fourth-order valence-electron chi connectivity index (χ4n) is 4.35. The van der Waals surface area contributed by atoms with E-state index in [1.165, 1.54) is 5.69 Å². The third kappa shape index (κ3) is 7.77. The van der Waals surface area contributed by atoms with Crippen LogP contribution in [0.15, 0.2) is 41.3 Å². The molecule has 1 amide bonds. The molecule has 1 fully saturated rings. The first-order chi connectivity index (χ1) is 17.2. The van der Waals surface area contributed by atoms with Gasteiger partial charge >= 0.3 is 0 Å². The summed E-state index contributed by atoms with van der Waals surface area (Å²) >= 11 is 0. The first-order valence-corrected chi connectivity index (χ1v) is 13.6. The van der Waals surface area contributed by atoms with Crippen molar-refractivity contribution in [2.45, 2.75) is 25.2 Å². The third-order valence-electron chi connectivity index (χ3n) is 6.53. The number of nitrogens with one attached hydrogen (secondary N) is 1. The molecule has 1 aliphatic heterocycles. The van der Waals surface area contributed by atoms with Gasteiger partial charge in [0.2, 0.25) is 5.91 Å². The Morgan fingerprint density at radius 3 is 2.17 bits per heavy atom. The van der Waals surface area contributed by atoms with Crippen LogP contribution in [0.4, 0.5) is 11.4 Å². The SMILES string of the molecule is COc1cc(C)c(S(=O)N(C)CCC(=O)Nc2ccc(N3CCN(CCN(C)C)CC3)cc2)c(C)c1. The van der Waals surface area contributed by atoms with Crippen molar-refractivity contribution >= 4 is 28.3 Å². The summed E-state index contributed by atoms with van der Waals surface area (Å²) in [5.41, 5.74) is 3.78. The van der Waals surface area contributed by atoms with Crippen LogP contribution in [0.25, 0.3) is 0 Å². The molecule has 2 aromatic carbocycles. The van der Waals surface area contributed by atoms with E-state index in [9.17, 15) is 9.00 Å². The molecule has 1 unspecified atom stereocenters. The Hall–Kier alpha value is -2.46. The van der Waals surface area contributed by atoms with Crippen molar-refractivity contribution in [3.8, 4) is 5.75 Å². The lowest BCUT2D eigenvalue weighted by Crippen LogP contribution is -2.48. The molecule has 1 heterocycles. The van der Waals surface area contributed by atoms with E-state index in [1.54, 1.807) is 18.5 Å². The number of carbonyl (C=O) groups is 1. The van der Waals surface area contributed by atoms with E-state index in [2.05, 4.69) is 46.2 Å². The molecule has 8 nitrogen and oxygen atoms in total. The van der Waals surface area contributed by atoms with Crippen LogP contribution in [-0.4, -0.2) is 98.3 Å². The smallest absolute Gasteiger partial charge is 0.225 e. The quantitative estimate of drug-likeness (QED) is 0.496. The Morgan fingerprint density at radius 1 is 1.00 bits per heavy atom. The van der Waals surface area contributed by atoms with E-state index in [0.717, 1.165) is 66.7 Å². The molecular weight excluding hydrogens is 474 g/mol. The van der Waals surface area contributed by atoms with E-state index in [1.807, 2.05) is 38.1 Å². The molecule has 0 aromatic heterocycles. The highest BCUT2D eigenvalue weighted by Crippen LogP contribution is 2.26. The van der Waals surface area contributed by atoms with Gasteiger partial charge in [0, 0.05) is 70.7 Å². The largest absolute Gasteiger partial charge is 0.497 e. The molecule has 0 saturated carbocycles. The van der Waals surface area contributed by atoms with Crippen LogP contribution in [0.2, 0.25) is 0 Å². The average Bonchev–Trinajstić information content (AvgIpc) is 2.86. The van der Waals surface area contributed by atoms with Gasteiger partial charge in [-0.2, -0.15) is 0 Å². The van der Waals surface area contributed by atoms with Gasteiger partial charge in [-0.25, -0.2) is 8.51 Å². The first kappa shape index (κ1) is 28.1. The van der Waals surface area contributed by atoms with E-state index < -0.39 is 11.0 Å². The van der Waals surface area contributed by atoms with Gasteiger partial charge < -0.3 is 19.9 Å². The Morgan fingerprint density at radius 2 is 1.61 bits per heavy atom. The van der Waals surface area contributed by atoms with Crippen molar-refractivity contribution < 1.29 is 13.7 Å². The van der Waals surface area contributed by atoms with Crippen molar-refractivity contribution in [2.24, 2.45) is 0 Å². The fraction of sp³-hybridized carbons (Fsp3) is 0.519. The van der Waals surface area contributed by atoms with E-state index >= 15 is 0 Å². The zero-order chi connectivity index (χ0) is 26.2. The average molecular weight is 516 g/mol. The minimum absolute atomic E-state index is 0.0933. The highest BCUT2D eigenvalue weighted by molar-refractivity contribution is 7.82. The van der Waals surface area contributed by atoms with Crippen LogP contribution in [0, 0.1) is 13.8 Å². The lowest BCUT2D eigenvalue weighted by molar-refractivity contribution is -0.116. The van der Waals surface area contributed by atoms with Crippen LogP contribution >= 0.6 is 0 Å². The number of aryl methyl sites for hydroxylation is 2. The highest BCUT2D eigenvalue weighted by atomic mass is 32.2. The molecule has 1 atom stereocenters. The minimum atomic E-state index is -1.35. The topological polar surface area (TPSA) is 68.4 Å². The van der Waals surface area contributed by atoms with Crippen molar-refractivity contribution in [3.05, 3.63) is 47.5 Å². The number of hydrogen-bond donors (Lipinski definition) is 1. The Kier molecular flexibility index (Phi) is 10.3. The van der Waals surface area contributed by atoms with Crippen LogP contribution in [0.5, 0.6) is 5.75 Å². The molecule has 2 aromatic rings. The lowest BCUT2D eigenvalue weighted by atomic mass is 10.1. The molecule has 9 heteroatoms. The van der Waals surface area contributed by atoms with Gasteiger partial charge in [-0.3, -0.25) is 9.69 Å². The number of methoxy groups -OCH3 is 1. The molecule has 3 rings (SSSR count).